The maximum absolute atomic E-state index is 12.4. The van der Waals surface area contributed by atoms with Gasteiger partial charge in [0.2, 0.25) is 0 Å². The predicted octanol–water partition coefficient (Wildman–Crippen LogP) is 1.41. The van der Waals surface area contributed by atoms with E-state index in [0.717, 1.165) is 40.2 Å². The molecule has 1 aromatic carbocycles. The number of benzene rings is 1. The number of hydrogen-bond donors (Lipinski definition) is 0. The second-order valence-electron chi connectivity index (χ2n) is 5.86. The Kier molecular flexibility index (Phi) is 6.52. The van der Waals surface area contributed by atoms with Gasteiger partial charge in [0.05, 0.1) is 19.8 Å². The summed E-state index contributed by atoms with van der Waals surface area (Å²) >= 11 is 0. The Hall–Kier alpha value is -2.41. The van der Waals surface area contributed by atoms with E-state index in [1.54, 1.807) is 30.3 Å². The van der Waals surface area contributed by atoms with Gasteiger partial charge in [-0.25, -0.2) is 14.4 Å². The molecule has 0 bridgehead atoms. The highest BCUT2D eigenvalue weighted by Gasteiger charge is 2.52. The average Bonchev–Trinajstić information content (AvgIpc) is 3.18. The monoisotopic (exact) mass is 349 g/mol. The Bertz CT molecular complexity index is 593. The van der Waals surface area contributed by atoms with Crippen LogP contribution in [0.3, 0.4) is 0 Å². The van der Waals surface area contributed by atoms with Crippen molar-refractivity contribution < 1.29 is 28.6 Å². The summed E-state index contributed by atoms with van der Waals surface area (Å²) in [6, 6.07) is 8.17. The Balaban J connectivity index is 2.26. The second-order valence-corrected chi connectivity index (χ2v) is 5.86. The van der Waals surface area contributed by atoms with Gasteiger partial charge in [-0.1, -0.05) is 18.2 Å². The summed E-state index contributed by atoms with van der Waals surface area (Å²) in [6.45, 7) is 2.18. The van der Waals surface area contributed by atoms with Gasteiger partial charge < -0.3 is 19.1 Å². The minimum Gasteiger partial charge on any atom is -0.466 e. The van der Waals surface area contributed by atoms with Crippen molar-refractivity contribution in [1.82, 2.24) is 4.90 Å². The molecule has 1 heterocycles. The molecule has 0 spiro atoms. The quantitative estimate of drug-likeness (QED) is 0.418. The van der Waals surface area contributed by atoms with Gasteiger partial charge in [-0.15, -0.1) is 0 Å². The number of esters is 3. The van der Waals surface area contributed by atoms with Crippen LogP contribution in [0, 0.1) is 0 Å². The van der Waals surface area contributed by atoms with Gasteiger partial charge in [-0.05, 0) is 38.1 Å². The zero-order valence-electron chi connectivity index (χ0n) is 14.5. The molecule has 1 aromatic rings. The molecule has 2 rings (SSSR count). The van der Waals surface area contributed by atoms with E-state index < -0.39 is 23.5 Å². The summed E-state index contributed by atoms with van der Waals surface area (Å²) in [7, 11) is 2.29. The molecule has 1 aliphatic rings. The molecule has 25 heavy (non-hydrogen) atoms. The first-order valence-corrected chi connectivity index (χ1v) is 8.21. The minimum absolute atomic E-state index is 0.0229. The summed E-state index contributed by atoms with van der Waals surface area (Å²) in [4.78, 5) is 39.3. The fourth-order valence-corrected chi connectivity index (χ4v) is 2.86. The summed E-state index contributed by atoms with van der Waals surface area (Å²) in [5.41, 5.74) is -1.88. The lowest BCUT2D eigenvalue weighted by atomic mass is 9.98. The molecule has 0 radical (unpaired) electrons. The smallest absolute Gasteiger partial charge is 0.362 e. The summed E-state index contributed by atoms with van der Waals surface area (Å²) in [5.74, 6) is -2.66. The fourth-order valence-electron chi connectivity index (χ4n) is 2.86. The van der Waals surface area contributed by atoms with Crippen molar-refractivity contribution in [2.24, 2.45) is 0 Å². The van der Waals surface area contributed by atoms with Crippen LogP contribution in [-0.4, -0.2) is 62.3 Å². The van der Waals surface area contributed by atoms with Crippen LogP contribution in [0.15, 0.2) is 30.3 Å². The van der Waals surface area contributed by atoms with Gasteiger partial charge >= 0.3 is 23.5 Å². The van der Waals surface area contributed by atoms with Crippen molar-refractivity contribution in [2.75, 3.05) is 33.9 Å². The topological polar surface area (TPSA) is 82.1 Å². The second kappa shape index (κ2) is 8.62. The van der Waals surface area contributed by atoms with Crippen LogP contribution >= 0.6 is 0 Å². The third-order valence-corrected chi connectivity index (χ3v) is 4.29. The lowest BCUT2D eigenvalue weighted by Gasteiger charge is -2.29. The van der Waals surface area contributed by atoms with E-state index in [9.17, 15) is 14.4 Å². The summed E-state index contributed by atoms with van der Waals surface area (Å²) in [6.07, 6.45) is 2.10. The van der Waals surface area contributed by atoms with E-state index >= 15 is 0 Å². The highest BCUT2D eigenvalue weighted by molar-refractivity contribution is 6.06. The Labute approximate surface area is 146 Å². The summed E-state index contributed by atoms with van der Waals surface area (Å²) < 4.78 is 14.9. The Morgan fingerprint density at radius 2 is 1.56 bits per heavy atom. The normalized spacial score (nSPS) is 14.8. The van der Waals surface area contributed by atoms with Crippen LogP contribution in [0.25, 0.3) is 0 Å². The predicted molar refractivity (Wildman–Crippen MR) is 88.9 cm³/mol. The molecule has 0 amide bonds. The molecule has 1 aliphatic heterocycles. The van der Waals surface area contributed by atoms with E-state index in [1.807, 2.05) is 0 Å². The number of ether oxygens (including phenoxy) is 3. The van der Waals surface area contributed by atoms with Crippen LogP contribution in [-0.2, 0) is 23.8 Å². The molecule has 7 nitrogen and oxygen atoms in total. The van der Waals surface area contributed by atoms with Crippen LogP contribution in [0.1, 0.15) is 29.6 Å². The van der Waals surface area contributed by atoms with Crippen molar-refractivity contribution in [2.45, 2.75) is 24.9 Å². The van der Waals surface area contributed by atoms with E-state index in [4.69, 9.17) is 14.2 Å². The van der Waals surface area contributed by atoms with Crippen LogP contribution in [0.2, 0.25) is 0 Å². The molecule has 0 unspecified atom stereocenters. The Morgan fingerprint density at radius 3 is 2.08 bits per heavy atom. The molecule has 0 atom stereocenters. The Morgan fingerprint density at radius 1 is 1.00 bits per heavy atom. The van der Waals surface area contributed by atoms with Crippen LogP contribution in [0.5, 0.6) is 0 Å². The maximum Gasteiger partial charge on any atom is 0.362 e. The zero-order valence-corrected chi connectivity index (χ0v) is 14.5. The van der Waals surface area contributed by atoms with Crippen LogP contribution in [0.4, 0.5) is 0 Å². The number of likely N-dealkylation sites (tertiary alicyclic amines) is 1. The van der Waals surface area contributed by atoms with Crippen molar-refractivity contribution >= 4 is 17.9 Å². The number of carbonyl (C=O) groups is 3. The lowest BCUT2D eigenvalue weighted by Crippen LogP contribution is -2.53. The van der Waals surface area contributed by atoms with Gasteiger partial charge in [0.15, 0.2) is 0 Å². The fraction of sp³-hybridized carbons (Fsp3) is 0.500. The van der Waals surface area contributed by atoms with Crippen LogP contribution < -0.4 is 0 Å². The maximum atomic E-state index is 12.4. The van der Waals surface area contributed by atoms with Gasteiger partial charge in [0.25, 0.3) is 0 Å². The molecule has 7 heteroatoms. The van der Waals surface area contributed by atoms with Gasteiger partial charge in [-0.3, -0.25) is 0 Å². The van der Waals surface area contributed by atoms with Crippen molar-refractivity contribution in [1.29, 1.82) is 0 Å². The number of nitrogens with zero attached hydrogens (tertiary/aromatic N) is 1. The first-order chi connectivity index (χ1) is 12.0. The first-order valence-electron chi connectivity index (χ1n) is 8.21. The molecular formula is C18H23NO6. The van der Waals surface area contributed by atoms with Crippen molar-refractivity contribution in [3.05, 3.63) is 35.9 Å². The molecule has 0 N–H and O–H groups in total. The van der Waals surface area contributed by atoms with Gasteiger partial charge in [0.1, 0.15) is 0 Å². The van der Waals surface area contributed by atoms with Gasteiger partial charge in [-0.2, -0.15) is 0 Å². The molecule has 1 saturated heterocycles. The van der Waals surface area contributed by atoms with Crippen molar-refractivity contribution in [3.63, 3.8) is 0 Å². The average molecular weight is 349 g/mol. The third kappa shape index (κ3) is 4.36. The summed E-state index contributed by atoms with van der Waals surface area (Å²) in [5, 5.41) is 0. The minimum atomic E-state index is -2.11. The molecule has 0 aromatic heterocycles. The molecule has 1 fully saturated rings. The molecular weight excluding hydrogens is 326 g/mol. The highest BCUT2D eigenvalue weighted by atomic mass is 16.6. The standard InChI is InChI=1S/C18H23NO6/c1-23-16(21)18(17(22)24-2,10-13-19-11-6-7-12-19)25-15(20)14-8-4-3-5-9-14/h3-5,8-9H,6-7,10-13H2,1-2H3. The number of hydrogen-bond acceptors (Lipinski definition) is 7. The molecule has 136 valence electrons. The third-order valence-electron chi connectivity index (χ3n) is 4.29. The number of methoxy groups -OCH3 is 2. The van der Waals surface area contributed by atoms with Gasteiger partial charge in [0, 0.05) is 13.0 Å². The first kappa shape index (κ1) is 18.9. The highest BCUT2D eigenvalue weighted by Crippen LogP contribution is 2.24. The van der Waals surface area contributed by atoms with E-state index in [-0.39, 0.29) is 12.0 Å². The SMILES string of the molecule is COC(=O)C(CCN1CCCC1)(OC(=O)c1ccccc1)C(=O)OC. The largest absolute Gasteiger partial charge is 0.466 e. The van der Waals surface area contributed by atoms with E-state index in [2.05, 4.69) is 4.90 Å². The van der Waals surface area contributed by atoms with Crippen molar-refractivity contribution in [3.8, 4) is 0 Å². The molecule has 0 aliphatic carbocycles. The number of rotatable bonds is 7. The van der Waals surface area contributed by atoms with E-state index in [1.165, 1.54) is 0 Å². The number of carbonyl (C=O) groups excluding carboxylic acids is 3. The zero-order chi connectivity index (χ0) is 18.3. The van der Waals surface area contributed by atoms with E-state index in [0.29, 0.717) is 6.54 Å². The lowest BCUT2D eigenvalue weighted by molar-refractivity contribution is -0.182. The molecule has 0 saturated carbocycles.